The average Bonchev–Trinajstić information content (AvgIpc) is 2.51. The van der Waals surface area contributed by atoms with Crippen molar-refractivity contribution in [2.24, 2.45) is 0 Å². The second-order valence-electron chi connectivity index (χ2n) is 6.16. The van der Waals surface area contributed by atoms with Gasteiger partial charge in [-0.2, -0.15) is 0 Å². The molecule has 0 spiro atoms. The molecule has 5 heteroatoms. The van der Waals surface area contributed by atoms with Gasteiger partial charge in [0.2, 0.25) is 0 Å². The molecule has 0 radical (unpaired) electrons. The Morgan fingerprint density at radius 2 is 1.00 bits per heavy atom. The van der Waals surface area contributed by atoms with Crippen molar-refractivity contribution in [3.63, 3.8) is 0 Å². The van der Waals surface area contributed by atoms with E-state index in [2.05, 4.69) is 6.92 Å². The molecule has 0 rings (SSSR count). The first-order valence-corrected chi connectivity index (χ1v) is 9.32. The molecule has 0 unspecified atom stereocenters. The number of hydrogen-bond acceptors (Lipinski definition) is 3. The van der Waals surface area contributed by atoms with Crippen LogP contribution in [0.5, 0.6) is 0 Å². The van der Waals surface area contributed by atoms with Crippen LogP contribution in [-0.2, 0) is 4.79 Å². The Morgan fingerprint density at radius 3 is 1.26 bits per heavy atom. The van der Waals surface area contributed by atoms with E-state index in [9.17, 15) is 4.79 Å². The Labute approximate surface area is 141 Å². The van der Waals surface area contributed by atoms with Gasteiger partial charge in [-0.15, -0.1) is 0 Å². The van der Waals surface area contributed by atoms with Crippen molar-refractivity contribution in [1.82, 2.24) is 0 Å². The average molecular weight is 332 g/mol. The molecular weight excluding hydrogens is 296 g/mol. The number of carbonyl (C=O) groups is 1. The number of aliphatic carboxylic acids is 1. The Kier molecular flexibility index (Phi) is 24.3. The van der Waals surface area contributed by atoms with E-state index >= 15 is 0 Å². The van der Waals surface area contributed by atoms with Crippen molar-refractivity contribution in [3.8, 4) is 0 Å². The highest BCUT2D eigenvalue weighted by Gasteiger charge is 1.97. The Balaban J connectivity index is 0. The molecule has 0 bridgehead atoms. The van der Waals surface area contributed by atoms with Crippen LogP contribution in [0.2, 0.25) is 0 Å². The first-order valence-electron chi connectivity index (χ1n) is 9.32. The van der Waals surface area contributed by atoms with Crippen molar-refractivity contribution in [2.75, 3.05) is 0 Å². The minimum absolute atomic E-state index is 0.345. The molecule has 0 amide bonds. The van der Waals surface area contributed by atoms with Gasteiger partial charge >= 0.3 is 5.97 Å². The van der Waals surface area contributed by atoms with Crippen LogP contribution in [0.3, 0.4) is 0 Å². The van der Waals surface area contributed by atoms with Gasteiger partial charge in [0, 0.05) is 6.42 Å². The van der Waals surface area contributed by atoms with E-state index in [1.54, 1.807) is 4.75 Å². The van der Waals surface area contributed by atoms with E-state index < -0.39 is 5.97 Å². The third-order valence-electron chi connectivity index (χ3n) is 3.99. The standard InChI is InChI=1S/C18H36O2.O3/c1-2-3-4-5-6-7-8-9-10-11-12-13-14-15-16-17-18(19)20;1-3-2/h2-17H2,1H3,(H,19,20);. The zero-order chi connectivity index (χ0) is 17.6. The molecule has 23 heavy (non-hydrogen) atoms. The molecule has 0 saturated heterocycles. The highest BCUT2D eigenvalue weighted by molar-refractivity contribution is 5.66. The molecule has 1 N–H and O–H groups in total. The summed E-state index contributed by atoms with van der Waals surface area (Å²) in [7, 11) is 0. The maximum Gasteiger partial charge on any atom is 0.303 e. The summed E-state index contributed by atoms with van der Waals surface area (Å²) < 4.78 is 1.75. The normalized spacial score (nSPS) is 9.96. The summed E-state index contributed by atoms with van der Waals surface area (Å²) in [6, 6.07) is 0. The van der Waals surface area contributed by atoms with Crippen molar-refractivity contribution in [1.29, 1.82) is 0 Å². The van der Waals surface area contributed by atoms with Crippen LogP contribution < -0.4 is 5.26 Å². The van der Waals surface area contributed by atoms with E-state index in [1.807, 2.05) is 0 Å². The SMILES string of the molecule is CCCCCCCCCCCCCCCCCC(=O)O.O=[O+][O-]. The second-order valence-corrected chi connectivity index (χ2v) is 6.16. The van der Waals surface area contributed by atoms with Gasteiger partial charge in [0.15, 0.2) is 4.75 Å². The zero-order valence-electron chi connectivity index (χ0n) is 14.9. The summed E-state index contributed by atoms with van der Waals surface area (Å²) in [6.07, 6.45) is 20.2. The summed E-state index contributed by atoms with van der Waals surface area (Å²) in [6.45, 7) is 2.27. The summed E-state index contributed by atoms with van der Waals surface area (Å²) in [5, 5.41) is 16.4. The predicted octanol–water partition coefficient (Wildman–Crippen LogP) is 5.21. The minimum Gasteiger partial charge on any atom is -0.481 e. The number of hydrogen-bond donors (Lipinski definition) is 1. The molecule has 0 aliphatic rings. The van der Waals surface area contributed by atoms with Crippen LogP contribution >= 0.6 is 0 Å². The fourth-order valence-electron chi connectivity index (χ4n) is 2.65. The number of carboxylic acid groups (broad SMARTS) is 1. The summed E-state index contributed by atoms with van der Waals surface area (Å²) in [5.74, 6) is -0.653. The Bertz CT molecular complexity index is 244. The topological polar surface area (TPSA) is 88.7 Å². The van der Waals surface area contributed by atoms with Crippen molar-refractivity contribution < 1.29 is 15.2 Å². The molecule has 0 aliphatic carbocycles. The van der Waals surface area contributed by atoms with Crippen LogP contribution in [0, 0.1) is 9.71 Å². The molecule has 5 nitrogen and oxygen atoms in total. The lowest BCUT2D eigenvalue weighted by Gasteiger charge is -2.03. The monoisotopic (exact) mass is 332 g/mol. The van der Waals surface area contributed by atoms with Gasteiger partial charge in [-0.1, -0.05) is 107 Å². The number of rotatable bonds is 16. The lowest BCUT2D eigenvalue weighted by Crippen LogP contribution is -1.93. The first-order chi connectivity index (χ1) is 11.2. The predicted molar refractivity (Wildman–Crippen MR) is 93.9 cm³/mol. The van der Waals surface area contributed by atoms with Gasteiger partial charge in [0.1, 0.15) is 0 Å². The Morgan fingerprint density at radius 1 is 0.739 bits per heavy atom. The van der Waals surface area contributed by atoms with Gasteiger partial charge in [-0.3, -0.25) is 4.79 Å². The summed E-state index contributed by atoms with van der Waals surface area (Å²) >= 11 is 0. The van der Waals surface area contributed by atoms with Crippen molar-refractivity contribution in [2.45, 2.75) is 110 Å². The molecule has 0 saturated carbocycles. The van der Waals surface area contributed by atoms with Crippen LogP contribution in [0.1, 0.15) is 110 Å². The fraction of sp³-hybridized carbons (Fsp3) is 0.944. The molecule has 0 aromatic carbocycles. The van der Waals surface area contributed by atoms with Gasteiger partial charge in [0.05, 0.1) is 0 Å². The highest BCUT2D eigenvalue weighted by Crippen LogP contribution is 2.13. The maximum atomic E-state index is 10.3. The minimum atomic E-state index is -0.653. The highest BCUT2D eigenvalue weighted by atomic mass is 17.2. The fourth-order valence-corrected chi connectivity index (χ4v) is 2.65. The molecular formula is C18H36O5. The molecule has 0 atom stereocenters. The third-order valence-corrected chi connectivity index (χ3v) is 3.99. The number of carboxylic acids is 1. The van der Waals surface area contributed by atoms with E-state index in [-0.39, 0.29) is 0 Å². The van der Waals surface area contributed by atoms with Gasteiger partial charge < -0.3 is 5.11 Å². The third kappa shape index (κ3) is 29.5. The van der Waals surface area contributed by atoms with E-state index in [0.717, 1.165) is 12.8 Å². The quantitative estimate of drug-likeness (QED) is 0.182. The van der Waals surface area contributed by atoms with Crippen LogP contribution in [0.4, 0.5) is 0 Å². The zero-order valence-corrected chi connectivity index (χ0v) is 14.9. The number of unbranched alkanes of at least 4 members (excludes halogenated alkanes) is 14. The molecule has 0 aromatic rings. The second kappa shape index (κ2) is 23.1. The lowest BCUT2D eigenvalue weighted by atomic mass is 10.0. The molecule has 0 heterocycles. The molecule has 0 aliphatic heterocycles. The van der Waals surface area contributed by atoms with Gasteiger partial charge in [0.25, 0.3) is 0 Å². The van der Waals surface area contributed by atoms with Gasteiger partial charge in [-0.25, -0.2) is 0 Å². The summed E-state index contributed by atoms with van der Waals surface area (Å²) in [4.78, 5) is 18.2. The maximum absolute atomic E-state index is 10.3. The summed E-state index contributed by atoms with van der Waals surface area (Å²) in [5.41, 5.74) is 0. The van der Waals surface area contributed by atoms with Crippen molar-refractivity contribution in [3.05, 3.63) is 9.71 Å². The van der Waals surface area contributed by atoms with Gasteiger partial charge in [-0.05, 0) is 6.42 Å². The lowest BCUT2D eigenvalue weighted by molar-refractivity contribution is -0.284. The van der Waals surface area contributed by atoms with Crippen LogP contribution in [-0.4, -0.2) is 11.1 Å². The van der Waals surface area contributed by atoms with Crippen molar-refractivity contribution >= 4 is 5.97 Å². The van der Waals surface area contributed by atoms with Crippen LogP contribution in [0.25, 0.3) is 0 Å². The smallest absolute Gasteiger partial charge is 0.303 e. The molecule has 138 valence electrons. The van der Waals surface area contributed by atoms with Crippen LogP contribution in [0.15, 0.2) is 0 Å². The first kappa shape index (κ1) is 24.1. The van der Waals surface area contributed by atoms with E-state index in [4.69, 9.17) is 15.3 Å². The Hall–Kier alpha value is -1.13. The molecule has 0 aromatic heterocycles. The van der Waals surface area contributed by atoms with E-state index in [1.165, 1.54) is 83.5 Å². The largest absolute Gasteiger partial charge is 0.481 e. The molecule has 0 fully saturated rings. The van der Waals surface area contributed by atoms with E-state index in [0.29, 0.717) is 6.42 Å².